The van der Waals surface area contributed by atoms with Crippen LogP contribution in [0, 0.1) is 11.3 Å². The second-order valence-electron chi connectivity index (χ2n) is 6.42. The molecule has 1 saturated heterocycles. The lowest BCUT2D eigenvalue weighted by molar-refractivity contribution is -0.134. The van der Waals surface area contributed by atoms with Gasteiger partial charge in [-0.1, -0.05) is 42.5 Å². The van der Waals surface area contributed by atoms with E-state index in [1.807, 2.05) is 24.3 Å². The maximum Gasteiger partial charge on any atom is 0.260 e. The van der Waals surface area contributed by atoms with Crippen LogP contribution >= 0.6 is 0 Å². The summed E-state index contributed by atoms with van der Waals surface area (Å²) < 4.78 is 32.1. The van der Waals surface area contributed by atoms with Gasteiger partial charge in [0.15, 0.2) is 6.61 Å². The molecule has 0 spiro atoms. The molecule has 2 aromatic carbocycles. The minimum Gasteiger partial charge on any atom is -0.482 e. The lowest BCUT2D eigenvalue weighted by atomic mass is 10.2. The summed E-state index contributed by atoms with van der Waals surface area (Å²) in [7, 11) is -3.42. The van der Waals surface area contributed by atoms with E-state index in [4.69, 9.17) is 10.00 Å². The van der Waals surface area contributed by atoms with E-state index in [2.05, 4.69) is 0 Å². The highest BCUT2D eigenvalue weighted by Gasteiger charge is 2.29. The Hall–Kier alpha value is -2.89. The molecule has 0 bridgehead atoms. The number of nitriles is 1. The van der Waals surface area contributed by atoms with E-state index in [-0.39, 0.29) is 31.4 Å². The van der Waals surface area contributed by atoms with Crippen LogP contribution in [0.4, 0.5) is 0 Å². The van der Waals surface area contributed by atoms with Crippen molar-refractivity contribution in [2.75, 3.05) is 32.8 Å². The third kappa shape index (κ3) is 4.88. The lowest BCUT2D eigenvalue weighted by Gasteiger charge is -2.34. The van der Waals surface area contributed by atoms with E-state index >= 15 is 0 Å². The van der Waals surface area contributed by atoms with Crippen molar-refractivity contribution in [2.45, 2.75) is 5.75 Å². The predicted molar refractivity (Wildman–Crippen MR) is 104 cm³/mol. The zero-order chi connectivity index (χ0) is 20.0. The van der Waals surface area contributed by atoms with Crippen LogP contribution in [0.3, 0.4) is 0 Å². The first kappa shape index (κ1) is 19.9. The number of para-hydroxylation sites is 1. The highest BCUT2D eigenvalue weighted by molar-refractivity contribution is 7.88. The van der Waals surface area contributed by atoms with Crippen LogP contribution in [0.25, 0.3) is 0 Å². The smallest absolute Gasteiger partial charge is 0.260 e. The van der Waals surface area contributed by atoms with Crippen LogP contribution in [0.2, 0.25) is 0 Å². The molecule has 0 aromatic heterocycles. The first-order valence-electron chi connectivity index (χ1n) is 8.91. The maximum absolute atomic E-state index is 12.6. The van der Waals surface area contributed by atoms with Gasteiger partial charge in [-0.15, -0.1) is 0 Å². The van der Waals surface area contributed by atoms with Crippen molar-refractivity contribution in [3.8, 4) is 11.8 Å². The van der Waals surface area contributed by atoms with Gasteiger partial charge in [-0.05, 0) is 17.7 Å². The molecular weight excluding hydrogens is 378 g/mol. The SMILES string of the molecule is N#Cc1ccccc1OCC(=O)N1CCN(S(=O)(=O)Cc2ccccc2)CC1. The highest BCUT2D eigenvalue weighted by atomic mass is 32.2. The Bertz CT molecular complexity index is 962. The first-order valence-corrected chi connectivity index (χ1v) is 10.5. The van der Waals surface area contributed by atoms with Crippen molar-refractivity contribution in [2.24, 2.45) is 0 Å². The Kier molecular flexibility index (Phi) is 6.29. The molecule has 0 aliphatic carbocycles. The summed E-state index contributed by atoms with van der Waals surface area (Å²) in [5, 5.41) is 9.06. The second kappa shape index (κ2) is 8.87. The molecule has 1 aliphatic heterocycles. The number of carbonyl (C=O) groups is 1. The molecule has 8 heteroatoms. The molecule has 1 heterocycles. The lowest BCUT2D eigenvalue weighted by Crippen LogP contribution is -2.51. The summed E-state index contributed by atoms with van der Waals surface area (Å²) in [6, 6.07) is 17.8. The van der Waals surface area contributed by atoms with Crippen LogP contribution in [0.15, 0.2) is 54.6 Å². The molecule has 28 heavy (non-hydrogen) atoms. The van der Waals surface area contributed by atoms with Gasteiger partial charge in [0.1, 0.15) is 11.8 Å². The first-order chi connectivity index (χ1) is 13.5. The van der Waals surface area contributed by atoms with E-state index < -0.39 is 10.0 Å². The topological polar surface area (TPSA) is 90.7 Å². The average Bonchev–Trinajstić information content (AvgIpc) is 2.72. The van der Waals surface area contributed by atoms with E-state index in [1.54, 1.807) is 41.3 Å². The zero-order valence-electron chi connectivity index (χ0n) is 15.3. The number of benzene rings is 2. The van der Waals surface area contributed by atoms with Gasteiger partial charge in [-0.25, -0.2) is 8.42 Å². The van der Waals surface area contributed by atoms with Crippen molar-refractivity contribution in [1.29, 1.82) is 5.26 Å². The molecular formula is C20H21N3O4S. The fourth-order valence-corrected chi connectivity index (χ4v) is 4.52. The molecule has 0 N–H and O–H groups in total. The molecule has 1 amide bonds. The summed E-state index contributed by atoms with van der Waals surface area (Å²) in [4.78, 5) is 14.0. The summed E-state index contributed by atoms with van der Waals surface area (Å²) >= 11 is 0. The molecule has 1 aliphatic rings. The van der Waals surface area contributed by atoms with Crippen molar-refractivity contribution in [3.63, 3.8) is 0 Å². The Labute approximate surface area is 164 Å². The number of rotatable bonds is 6. The monoisotopic (exact) mass is 399 g/mol. The number of piperazine rings is 1. The van der Waals surface area contributed by atoms with Gasteiger partial charge in [0.25, 0.3) is 5.91 Å². The van der Waals surface area contributed by atoms with Crippen LogP contribution in [0.1, 0.15) is 11.1 Å². The third-order valence-electron chi connectivity index (χ3n) is 4.54. The van der Waals surface area contributed by atoms with E-state index in [9.17, 15) is 13.2 Å². The molecule has 7 nitrogen and oxygen atoms in total. The predicted octanol–water partition coefficient (Wildman–Crippen LogP) is 1.61. The van der Waals surface area contributed by atoms with E-state index in [1.165, 1.54) is 4.31 Å². The average molecular weight is 399 g/mol. The minimum absolute atomic E-state index is 0.0458. The number of hydrogen-bond donors (Lipinski definition) is 0. The Morgan fingerprint density at radius 1 is 1.00 bits per heavy atom. The second-order valence-corrected chi connectivity index (χ2v) is 8.39. The summed E-state index contributed by atoms with van der Waals surface area (Å²) in [5.74, 6) is 0.0887. The van der Waals surface area contributed by atoms with E-state index in [0.29, 0.717) is 24.4 Å². The van der Waals surface area contributed by atoms with Crippen molar-refractivity contribution >= 4 is 15.9 Å². The van der Waals surface area contributed by atoms with Crippen molar-refractivity contribution in [3.05, 3.63) is 65.7 Å². The Balaban J connectivity index is 1.52. The van der Waals surface area contributed by atoms with Gasteiger partial charge in [-0.3, -0.25) is 4.79 Å². The molecule has 1 fully saturated rings. The van der Waals surface area contributed by atoms with Crippen LogP contribution in [0.5, 0.6) is 5.75 Å². The molecule has 2 aromatic rings. The fraction of sp³-hybridized carbons (Fsp3) is 0.300. The fourth-order valence-electron chi connectivity index (χ4n) is 3.01. The van der Waals surface area contributed by atoms with Crippen LogP contribution in [-0.4, -0.2) is 56.3 Å². The molecule has 146 valence electrons. The number of ether oxygens (including phenoxy) is 1. The maximum atomic E-state index is 12.6. The standard InChI is InChI=1S/C20H21N3O4S/c21-14-18-8-4-5-9-19(18)27-15-20(24)22-10-12-23(13-11-22)28(25,26)16-17-6-2-1-3-7-17/h1-9H,10-13,15-16H2. The zero-order valence-corrected chi connectivity index (χ0v) is 16.1. The molecule has 0 atom stereocenters. The number of nitrogens with zero attached hydrogens (tertiary/aromatic N) is 3. The number of amides is 1. The Morgan fingerprint density at radius 3 is 2.32 bits per heavy atom. The molecule has 0 unspecified atom stereocenters. The van der Waals surface area contributed by atoms with Gasteiger partial charge in [0.05, 0.1) is 11.3 Å². The Morgan fingerprint density at radius 2 is 1.64 bits per heavy atom. The largest absolute Gasteiger partial charge is 0.482 e. The molecule has 0 saturated carbocycles. The van der Waals surface area contributed by atoms with Gasteiger partial charge >= 0.3 is 0 Å². The van der Waals surface area contributed by atoms with Crippen LogP contribution < -0.4 is 4.74 Å². The number of hydrogen-bond acceptors (Lipinski definition) is 5. The van der Waals surface area contributed by atoms with Crippen LogP contribution in [-0.2, 0) is 20.6 Å². The third-order valence-corrected chi connectivity index (χ3v) is 6.39. The summed E-state index contributed by atoms with van der Waals surface area (Å²) in [5.41, 5.74) is 1.11. The van der Waals surface area contributed by atoms with Gasteiger partial charge in [0, 0.05) is 26.2 Å². The molecule has 0 radical (unpaired) electrons. The molecule has 3 rings (SSSR count). The number of carbonyl (C=O) groups excluding carboxylic acids is 1. The number of sulfonamides is 1. The summed E-state index contributed by atoms with van der Waals surface area (Å²) in [6.45, 7) is 0.965. The summed E-state index contributed by atoms with van der Waals surface area (Å²) in [6.07, 6.45) is 0. The van der Waals surface area contributed by atoms with Gasteiger partial charge < -0.3 is 9.64 Å². The quantitative estimate of drug-likeness (QED) is 0.736. The van der Waals surface area contributed by atoms with Gasteiger partial charge in [0.2, 0.25) is 10.0 Å². The van der Waals surface area contributed by atoms with Gasteiger partial charge in [-0.2, -0.15) is 9.57 Å². The van der Waals surface area contributed by atoms with Crippen molar-refractivity contribution < 1.29 is 17.9 Å². The normalized spacial score (nSPS) is 15.0. The highest BCUT2D eigenvalue weighted by Crippen LogP contribution is 2.17. The van der Waals surface area contributed by atoms with E-state index in [0.717, 1.165) is 5.56 Å². The van der Waals surface area contributed by atoms with Crippen molar-refractivity contribution in [1.82, 2.24) is 9.21 Å². The minimum atomic E-state index is -3.42.